The minimum atomic E-state index is -0.116. The second-order valence-corrected chi connectivity index (χ2v) is 6.03. The Balaban J connectivity index is 1.75. The summed E-state index contributed by atoms with van der Waals surface area (Å²) in [6, 6.07) is 10.1. The SMILES string of the molecule is CCOC(=O)[C@H]1CC=C[C@H](COCc2ccccc2)S1. The van der Waals surface area contributed by atoms with Gasteiger partial charge in [0.1, 0.15) is 5.25 Å². The summed E-state index contributed by atoms with van der Waals surface area (Å²) >= 11 is 1.63. The highest BCUT2D eigenvalue weighted by Gasteiger charge is 2.25. The van der Waals surface area contributed by atoms with Crippen molar-refractivity contribution in [1.29, 1.82) is 0 Å². The van der Waals surface area contributed by atoms with Crippen LogP contribution in [-0.2, 0) is 20.9 Å². The summed E-state index contributed by atoms with van der Waals surface area (Å²) in [5.41, 5.74) is 1.17. The van der Waals surface area contributed by atoms with E-state index in [4.69, 9.17) is 9.47 Å². The number of rotatable bonds is 6. The van der Waals surface area contributed by atoms with Crippen LogP contribution in [0.25, 0.3) is 0 Å². The third-order valence-electron chi connectivity index (χ3n) is 2.98. The van der Waals surface area contributed by atoms with E-state index in [1.54, 1.807) is 11.8 Å². The number of hydrogen-bond donors (Lipinski definition) is 0. The van der Waals surface area contributed by atoms with Gasteiger partial charge in [-0.2, -0.15) is 0 Å². The smallest absolute Gasteiger partial charge is 0.319 e. The van der Waals surface area contributed by atoms with Crippen molar-refractivity contribution in [3.63, 3.8) is 0 Å². The average Bonchev–Trinajstić information content (AvgIpc) is 2.49. The topological polar surface area (TPSA) is 35.5 Å². The Morgan fingerprint density at radius 3 is 2.90 bits per heavy atom. The van der Waals surface area contributed by atoms with Crippen molar-refractivity contribution < 1.29 is 14.3 Å². The van der Waals surface area contributed by atoms with E-state index in [9.17, 15) is 4.79 Å². The van der Waals surface area contributed by atoms with Crippen LogP contribution in [-0.4, -0.2) is 29.7 Å². The van der Waals surface area contributed by atoms with E-state index in [1.165, 1.54) is 5.56 Å². The van der Waals surface area contributed by atoms with Gasteiger partial charge >= 0.3 is 5.97 Å². The number of thioether (sulfide) groups is 1. The predicted octanol–water partition coefficient (Wildman–Crippen LogP) is 3.20. The summed E-state index contributed by atoms with van der Waals surface area (Å²) in [6.45, 7) is 3.50. The van der Waals surface area contributed by atoms with Crippen LogP contribution < -0.4 is 0 Å². The highest BCUT2D eigenvalue weighted by atomic mass is 32.2. The van der Waals surface area contributed by atoms with Gasteiger partial charge in [-0.25, -0.2) is 0 Å². The molecule has 0 aromatic heterocycles. The lowest BCUT2D eigenvalue weighted by Crippen LogP contribution is -2.26. The highest BCUT2D eigenvalue weighted by molar-refractivity contribution is 8.01. The molecule has 108 valence electrons. The fraction of sp³-hybridized carbons (Fsp3) is 0.438. The van der Waals surface area contributed by atoms with Gasteiger partial charge in [-0.1, -0.05) is 42.5 Å². The van der Waals surface area contributed by atoms with Crippen LogP contribution in [0.4, 0.5) is 0 Å². The number of ether oxygens (including phenoxy) is 2. The number of esters is 1. The van der Waals surface area contributed by atoms with Gasteiger partial charge in [0.15, 0.2) is 0 Å². The lowest BCUT2D eigenvalue weighted by atomic mass is 10.2. The molecule has 0 amide bonds. The van der Waals surface area contributed by atoms with Crippen LogP contribution >= 0.6 is 11.8 Å². The van der Waals surface area contributed by atoms with Crippen LogP contribution in [0.2, 0.25) is 0 Å². The Kier molecular flexibility index (Phi) is 6.15. The van der Waals surface area contributed by atoms with Crippen molar-refractivity contribution in [1.82, 2.24) is 0 Å². The third kappa shape index (κ3) is 4.69. The van der Waals surface area contributed by atoms with Gasteiger partial charge in [0.2, 0.25) is 0 Å². The Labute approximate surface area is 124 Å². The molecule has 0 radical (unpaired) electrons. The minimum Gasteiger partial charge on any atom is -0.465 e. The van der Waals surface area contributed by atoms with Crippen molar-refractivity contribution in [2.45, 2.75) is 30.5 Å². The second kappa shape index (κ2) is 8.12. The molecule has 0 aliphatic carbocycles. The second-order valence-electron chi connectivity index (χ2n) is 4.58. The maximum atomic E-state index is 11.7. The predicted molar refractivity (Wildman–Crippen MR) is 81.7 cm³/mol. The molecule has 0 N–H and O–H groups in total. The summed E-state index contributed by atoms with van der Waals surface area (Å²) in [4.78, 5) is 11.7. The normalized spacial score (nSPS) is 21.6. The first-order valence-electron chi connectivity index (χ1n) is 6.90. The quantitative estimate of drug-likeness (QED) is 0.596. The molecule has 2 atom stereocenters. The first-order valence-corrected chi connectivity index (χ1v) is 7.84. The van der Waals surface area contributed by atoms with E-state index in [-0.39, 0.29) is 16.5 Å². The van der Waals surface area contributed by atoms with Gasteiger partial charge < -0.3 is 9.47 Å². The molecule has 1 aliphatic rings. The van der Waals surface area contributed by atoms with Gasteiger partial charge in [-0.15, -0.1) is 11.8 Å². The van der Waals surface area contributed by atoms with Crippen LogP contribution in [0.5, 0.6) is 0 Å². The Morgan fingerprint density at radius 2 is 2.15 bits per heavy atom. The van der Waals surface area contributed by atoms with Crippen LogP contribution in [0, 0.1) is 0 Å². The molecule has 1 aliphatic heterocycles. The van der Waals surface area contributed by atoms with Crippen molar-refractivity contribution in [2.24, 2.45) is 0 Å². The number of allylic oxidation sites excluding steroid dienone is 1. The Morgan fingerprint density at radius 1 is 1.35 bits per heavy atom. The Bertz CT molecular complexity index is 444. The number of carbonyl (C=O) groups excluding carboxylic acids is 1. The molecule has 3 nitrogen and oxygen atoms in total. The molecule has 0 saturated heterocycles. The molecule has 2 rings (SSSR count). The van der Waals surface area contributed by atoms with Crippen molar-refractivity contribution >= 4 is 17.7 Å². The van der Waals surface area contributed by atoms with E-state index in [2.05, 4.69) is 12.2 Å². The average molecular weight is 292 g/mol. The maximum Gasteiger partial charge on any atom is 0.319 e. The van der Waals surface area contributed by atoms with E-state index in [1.807, 2.05) is 37.3 Å². The zero-order chi connectivity index (χ0) is 14.2. The summed E-state index contributed by atoms with van der Waals surface area (Å²) in [5, 5.41) is 0.132. The van der Waals surface area contributed by atoms with Gasteiger partial charge in [0.25, 0.3) is 0 Å². The Hall–Kier alpha value is -1.26. The fourth-order valence-electron chi connectivity index (χ4n) is 2.01. The molecule has 20 heavy (non-hydrogen) atoms. The summed E-state index contributed by atoms with van der Waals surface area (Å²) in [7, 11) is 0. The largest absolute Gasteiger partial charge is 0.465 e. The summed E-state index contributed by atoms with van der Waals surface area (Å²) in [6.07, 6.45) is 4.92. The molecule has 1 aromatic carbocycles. The molecule has 0 fully saturated rings. The maximum absolute atomic E-state index is 11.7. The monoisotopic (exact) mass is 292 g/mol. The van der Waals surface area contributed by atoms with E-state index < -0.39 is 0 Å². The first kappa shape index (κ1) is 15.1. The number of benzene rings is 1. The number of hydrogen-bond acceptors (Lipinski definition) is 4. The van der Waals surface area contributed by atoms with Crippen LogP contribution in [0.1, 0.15) is 18.9 Å². The van der Waals surface area contributed by atoms with Gasteiger partial charge in [0, 0.05) is 5.25 Å². The highest BCUT2D eigenvalue weighted by Crippen LogP contribution is 2.28. The molecular formula is C16H20O3S. The lowest BCUT2D eigenvalue weighted by molar-refractivity contribution is -0.142. The molecule has 0 unspecified atom stereocenters. The van der Waals surface area contributed by atoms with Gasteiger partial charge in [-0.3, -0.25) is 4.79 Å². The number of carbonyl (C=O) groups is 1. The van der Waals surface area contributed by atoms with Crippen molar-refractivity contribution in [3.05, 3.63) is 48.0 Å². The molecule has 1 heterocycles. The van der Waals surface area contributed by atoms with Crippen molar-refractivity contribution in [3.8, 4) is 0 Å². The van der Waals surface area contributed by atoms with Gasteiger partial charge in [-0.05, 0) is 18.9 Å². The van der Waals surface area contributed by atoms with Crippen LogP contribution in [0.3, 0.4) is 0 Å². The minimum absolute atomic E-state index is 0.0923. The summed E-state index contributed by atoms with van der Waals surface area (Å²) < 4.78 is 10.8. The van der Waals surface area contributed by atoms with E-state index in [0.29, 0.717) is 19.8 Å². The molecule has 0 saturated carbocycles. The van der Waals surface area contributed by atoms with E-state index >= 15 is 0 Å². The third-order valence-corrected chi connectivity index (χ3v) is 4.34. The lowest BCUT2D eigenvalue weighted by Gasteiger charge is -2.22. The molecule has 4 heteroatoms. The first-order chi connectivity index (χ1) is 9.79. The zero-order valence-electron chi connectivity index (χ0n) is 11.7. The van der Waals surface area contributed by atoms with E-state index in [0.717, 1.165) is 6.42 Å². The molecule has 0 bridgehead atoms. The standard InChI is InChI=1S/C16H20O3S/c1-2-19-16(17)15-10-6-9-14(20-15)12-18-11-13-7-4-3-5-8-13/h3-9,14-15H,2,10-12H2,1H3/t14-,15-/m1/s1. The van der Waals surface area contributed by atoms with Crippen molar-refractivity contribution in [2.75, 3.05) is 13.2 Å². The fourth-order valence-corrected chi connectivity index (χ4v) is 3.21. The van der Waals surface area contributed by atoms with Gasteiger partial charge in [0.05, 0.1) is 19.8 Å². The molecule has 0 spiro atoms. The summed E-state index contributed by atoms with van der Waals surface area (Å²) in [5.74, 6) is -0.116. The zero-order valence-corrected chi connectivity index (χ0v) is 12.5. The van der Waals surface area contributed by atoms with Crippen LogP contribution in [0.15, 0.2) is 42.5 Å². The molecular weight excluding hydrogens is 272 g/mol. The molecule has 1 aromatic rings.